The van der Waals surface area contributed by atoms with E-state index in [1.807, 2.05) is 24.7 Å². The average molecular weight is 309 g/mol. The van der Waals surface area contributed by atoms with Crippen LogP contribution in [0.4, 0.5) is 5.69 Å². The molecular formula is C17H19N5O. The number of fused-ring (bicyclic) bond motifs is 1. The molecule has 0 aromatic carbocycles. The van der Waals surface area contributed by atoms with Gasteiger partial charge in [-0.2, -0.15) is 0 Å². The maximum absolute atomic E-state index is 5.38. The molecule has 0 unspecified atom stereocenters. The zero-order valence-electron chi connectivity index (χ0n) is 12.8. The van der Waals surface area contributed by atoms with Gasteiger partial charge in [-0.3, -0.25) is 4.98 Å². The molecule has 0 atom stereocenters. The monoisotopic (exact) mass is 309 g/mol. The Bertz CT molecular complexity index is 744. The van der Waals surface area contributed by atoms with Gasteiger partial charge in [0.2, 0.25) is 0 Å². The van der Waals surface area contributed by atoms with Crippen LogP contribution in [-0.2, 0) is 11.3 Å². The molecule has 23 heavy (non-hydrogen) atoms. The smallest absolute Gasteiger partial charge is 0.131 e. The second kappa shape index (κ2) is 6.34. The Labute approximate surface area is 134 Å². The number of aromatic nitrogens is 4. The number of pyridine rings is 1. The lowest BCUT2D eigenvalue weighted by atomic mass is 9.99. The van der Waals surface area contributed by atoms with E-state index in [0.29, 0.717) is 12.5 Å². The van der Waals surface area contributed by atoms with Crippen LogP contribution in [0.15, 0.2) is 36.9 Å². The lowest BCUT2D eigenvalue weighted by Crippen LogP contribution is -2.16. The molecule has 4 heterocycles. The Kier molecular flexibility index (Phi) is 3.90. The fourth-order valence-corrected chi connectivity index (χ4v) is 2.92. The van der Waals surface area contributed by atoms with E-state index in [-0.39, 0.29) is 0 Å². The molecule has 0 bridgehead atoms. The van der Waals surface area contributed by atoms with Gasteiger partial charge in [-0.05, 0) is 25.0 Å². The summed E-state index contributed by atoms with van der Waals surface area (Å²) in [6.45, 7) is 2.32. The number of nitrogens with one attached hydrogen (secondary N) is 2. The van der Waals surface area contributed by atoms with E-state index >= 15 is 0 Å². The molecule has 118 valence electrons. The highest BCUT2D eigenvalue weighted by atomic mass is 16.5. The second-order valence-electron chi connectivity index (χ2n) is 5.83. The second-order valence-corrected chi connectivity index (χ2v) is 5.83. The van der Waals surface area contributed by atoms with Crippen molar-refractivity contribution in [1.29, 1.82) is 0 Å². The van der Waals surface area contributed by atoms with Gasteiger partial charge in [0.1, 0.15) is 5.82 Å². The van der Waals surface area contributed by atoms with Gasteiger partial charge in [-0.15, -0.1) is 0 Å². The predicted octanol–water partition coefficient (Wildman–Crippen LogP) is 2.86. The van der Waals surface area contributed by atoms with Crippen molar-refractivity contribution in [2.45, 2.75) is 25.3 Å². The Morgan fingerprint density at radius 3 is 2.78 bits per heavy atom. The minimum atomic E-state index is 0.430. The van der Waals surface area contributed by atoms with Crippen LogP contribution in [0.5, 0.6) is 0 Å². The van der Waals surface area contributed by atoms with Gasteiger partial charge < -0.3 is 15.0 Å². The van der Waals surface area contributed by atoms with Crippen molar-refractivity contribution >= 4 is 16.6 Å². The number of nitrogens with zero attached hydrogens (tertiary/aromatic N) is 3. The van der Waals surface area contributed by atoms with E-state index in [9.17, 15) is 0 Å². The van der Waals surface area contributed by atoms with Crippen molar-refractivity contribution < 1.29 is 4.74 Å². The summed E-state index contributed by atoms with van der Waals surface area (Å²) in [7, 11) is 0. The van der Waals surface area contributed by atoms with E-state index in [4.69, 9.17) is 4.74 Å². The van der Waals surface area contributed by atoms with Gasteiger partial charge in [0, 0.05) is 48.1 Å². The van der Waals surface area contributed by atoms with E-state index in [1.54, 1.807) is 6.20 Å². The molecular weight excluding hydrogens is 290 g/mol. The van der Waals surface area contributed by atoms with Crippen molar-refractivity contribution in [3.63, 3.8) is 0 Å². The topological polar surface area (TPSA) is 75.7 Å². The number of H-pyrrole nitrogens is 1. The van der Waals surface area contributed by atoms with Crippen LogP contribution in [0.1, 0.15) is 30.3 Å². The third-order valence-electron chi connectivity index (χ3n) is 4.22. The van der Waals surface area contributed by atoms with Gasteiger partial charge in [-0.1, -0.05) is 0 Å². The van der Waals surface area contributed by atoms with Crippen LogP contribution in [0.2, 0.25) is 0 Å². The summed E-state index contributed by atoms with van der Waals surface area (Å²) in [6.07, 6.45) is 9.40. The number of anilines is 1. The number of ether oxygens (including phenoxy) is 1. The Morgan fingerprint density at radius 2 is 2.00 bits per heavy atom. The van der Waals surface area contributed by atoms with Crippen molar-refractivity contribution in [2.24, 2.45) is 0 Å². The fraction of sp³-hybridized carbons (Fsp3) is 0.353. The molecule has 3 aromatic rings. The summed E-state index contributed by atoms with van der Waals surface area (Å²) >= 11 is 0. The summed E-state index contributed by atoms with van der Waals surface area (Å²) in [5, 5.41) is 4.47. The van der Waals surface area contributed by atoms with Gasteiger partial charge >= 0.3 is 0 Å². The van der Waals surface area contributed by atoms with Gasteiger partial charge in [0.25, 0.3) is 0 Å². The molecule has 3 aromatic heterocycles. The Morgan fingerprint density at radius 1 is 1.17 bits per heavy atom. The van der Waals surface area contributed by atoms with Crippen molar-refractivity contribution in [3.8, 4) is 0 Å². The maximum Gasteiger partial charge on any atom is 0.131 e. The average Bonchev–Trinajstić information content (AvgIpc) is 3.04. The van der Waals surface area contributed by atoms with Crippen LogP contribution in [0, 0.1) is 0 Å². The Hall–Kier alpha value is -2.47. The van der Waals surface area contributed by atoms with Crippen LogP contribution in [0.3, 0.4) is 0 Å². The normalized spacial score (nSPS) is 15.8. The van der Waals surface area contributed by atoms with Crippen LogP contribution < -0.4 is 5.32 Å². The summed E-state index contributed by atoms with van der Waals surface area (Å²) in [4.78, 5) is 16.5. The summed E-state index contributed by atoms with van der Waals surface area (Å²) in [5.74, 6) is 1.36. The standard InChI is InChI=1S/C17H19N5O/c1-4-18-8-13-7-14(22-16(1)13)9-19-15-10-20-17(21-11-15)12-2-5-23-6-3-12/h1,4,7-8,10-12,19,22H,2-3,5-6,9H2. The molecule has 0 aliphatic carbocycles. The molecule has 0 saturated carbocycles. The van der Waals surface area contributed by atoms with E-state index in [2.05, 4.69) is 31.3 Å². The molecule has 1 aliphatic heterocycles. The summed E-state index contributed by atoms with van der Waals surface area (Å²) in [6, 6.07) is 4.08. The third kappa shape index (κ3) is 3.17. The molecule has 0 radical (unpaired) electrons. The highest BCUT2D eigenvalue weighted by molar-refractivity contribution is 5.79. The molecule has 4 rings (SSSR count). The Balaban J connectivity index is 1.40. The van der Waals surface area contributed by atoms with Gasteiger partial charge in [0.15, 0.2) is 0 Å². The first-order chi connectivity index (χ1) is 11.4. The zero-order chi connectivity index (χ0) is 15.5. The highest BCUT2D eigenvalue weighted by Gasteiger charge is 2.18. The summed E-state index contributed by atoms with van der Waals surface area (Å²) in [5.41, 5.74) is 3.14. The SMILES string of the molecule is c1cc2[nH]c(CNc3cnc(C4CCOCC4)nc3)cc2cn1. The molecule has 0 amide bonds. The number of hydrogen-bond donors (Lipinski definition) is 2. The van der Waals surface area contributed by atoms with Crippen molar-refractivity contribution in [3.05, 3.63) is 48.4 Å². The molecule has 6 nitrogen and oxygen atoms in total. The largest absolute Gasteiger partial charge is 0.381 e. The number of hydrogen-bond acceptors (Lipinski definition) is 5. The molecule has 1 saturated heterocycles. The minimum Gasteiger partial charge on any atom is -0.381 e. The lowest BCUT2D eigenvalue weighted by Gasteiger charge is -2.20. The van der Waals surface area contributed by atoms with Crippen LogP contribution in [0.25, 0.3) is 10.9 Å². The number of rotatable bonds is 4. The third-order valence-corrected chi connectivity index (χ3v) is 4.22. The highest BCUT2D eigenvalue weighted by Crippen LogP contribution is 2.24. The maximum atomic E-state index is 5.38. The molecule has 1 aliphatic rings. The van der Waals surface area contributed by atoms with Crippen molar-refractivity contribution in [2.75, 3.05) is 18.5 Å². The minimum absolute atomic E-state index is 0.430. The van der Waals surface area contributed by atoms with E-state index in [1.165, 1.54) is 0 Å². The summed E-state index contributed by atoms with van der Waals surface area (Å²) < 4.78 is 5.38. The van der Waals surface area contributed by atoms with Gasteiger partial charge in [0.05, 0.1) is 24.6 Å². The van der Waals surface area contributed by atoms with Crippen LogP contribution in [-0.4, -0.2) is 33.1 Å². The molecule has 6 heteroatoms. The van der Waals surface area contributed by atoms with Crippen molar-refractivity contribution in [1.82, 2.24) is 19.9 Å². The fourth-order valence-electron chi connectivity index (χ4n) is 2.92. The van der Waals surface area contributed by atoms with E-state index < -0.39 is 0 Å². The molecule has 0 spiro atoms. The quantitative estimate of drug-likeness (QED) is 0.775. The molecule has 1 fully saturated rings. The van der Waals surface area contributed by atoms with Crippen LogP contribution >= 0.6 is 0 Å². The van der Waals surface area contributed by atoms with Gasteiger partial charge in [-0.25, -0.2) is 9.97 Å². The zero-order valence-corrected chi connectivity index (χ0v) is 12.8. The first kappa shape index (κ1) is 14.1. The first-order valence-corrected chi connectivity index (χ1v) is 7.94. The lowest BCUT2D eigenvalue weighted by molar-refractivity contribution is 0.0836. The molecule has 2 N–H and O–H groups in total. The number of aromatic amines is 1. The first-order valence-electron chi connectivity index (χ1n) is 7.94. The predicted molar refractivity (Wildman–Crippen MR) is 88.2 cm³/mol. The van der Waals surface area contributed by atoms with E-state index in [0.717, 1.165) is 54.2 Å².